The van der Waals surface area contributed by atoms with Crippen LogP contribution in [0.4, 0.5) is 5.69 Å². The van der Waals surface area contributed by atoms with Crippen molar-refractivity contribution in [3.05, 3.63) is 63.7 Å². The van der Waals surface area contributed by atoms with Crippen molar-refractivity contribution in [3.8, 4) is 11.5 Å². The van der Waals surface area contributed by atoms with Gasteiger partial charge in [-0.15, -0.1) is 0 Å². The summed E-state index contributed by atoms with van der Waals surface area (Å²) >= 11 is 0. The smallest absolute Gasteiger partial charge is 0.311 e. The van der Waals surface area contributed by atoms with Gasteiger partial charge in [-0.05, 0) is 48.7 Å². The number of hydrogen-bond donors (Lipinski definition) is 2. The van der Waals surface area contributed by atoms with Gasteiger partial charge in [0, 0.05) is 17.2 Å². The fraction of sp³-hybridized carbons (Fsp3) is 0.263. The maximum atomic E-state index is 12.1. The number of ether oxygens (including phenoxy) is 1. The minimum Gasteiger partial charge on any atom is -0.502 e. The fourth-order valence-corrected chi connectivity index (χ4v) is 2.11. The molecule has 2 aromatic rings. The highest BCUT2D eigenvalue weighted by atomic mass is 16.6. The number of carbonyl (C=O) groups excluding carboxylic acids is 1. The average molecular weight is 371 g/mol. The van der Waals surface area contributed by atoms with E-state index in [1.165, 1.54) is 18.3 Å². The van der Waals surface area contributed by atoms with Gasteiger partial charge in [0.2, 0.25) is 0 Å². The highest BCUT2D eigenvalue weighted by Crippen LogP contribution is 2.25. The van der Waals surface area contributed by atoms with Crippen LogP contribution < -0.4 is 10.2 Å². The molecule has 2 aromatic carbocycles. The Kier molecular flexibility index (Phi) is 6.87. The van der Waals surface area contributed by atoms with Gasteiger partial charge in [-0.25, -0.2) is 5.43 Å². The number of nitrogens with one attached hydrogen (secondary N) is 1. The van der Waals surface area contributed by atoms with Crippen LogP contribution >= 0.6 is 0 Å². The number of nitrogens with zero attached hydrogens (tertiary/aromatic N) is 2. The number of carbonyl (C=O) groups is 1. The van der Waals surface area contributed by atoms with Crippen LogP contribution in [0.25, 0.3) is 0 Å². The summed E-state index contributed by atoms with van der Waals surface area (Å²) in [5.74, 6) is 0.389. The van der Waals surface area contributed by atoms with E-state index in [0.717, 1.165) is 12.5 Å². The Morgan fingerprint density at radius 2 is 2.00 bits per heavy atom. The van der Waals surface area contributed by atoms with E-state index in [-0.39, 0.29) is 0 Å². The first-order chi connectivity index (χ1) is 12.9. The van der Waals surface area contributed by atoms with E-state index in [9.17, 15) is 20.0 Å². The summed E-state index contributed by atoms with van der Waals surface area (Å²) in [6.45, 7) is 4.85. The quantitative estimate of drug-likeness (QED) is 0.419. The van der Waals surface area contributed by atoms with Crippen LogP contribution in [0.3, 0.4) is 0 Å². The lowest BCUT2D eigenvalue weighted by atomic mass is 10.1. The first-order valence-electron chi connectivity index (χ1n) is 8.40. The van der Waals surface area contributed by atoms with Crippen molar-refractivity contribution in [1.82, 2.24) is 5.43 Å². The Balaban J connectivity index is 1.92. The Labute approximate surface area is 156 Å². The minimum atomic E-state index is -0.698. The lowest BCUT2D eigenvalue weighted by Crippen LogP contribution is -2.17. The monoisotopic (exact) mass is 371 g/mol. The Bertz CT molecular complexity index is 832. The summed E-state index contributed by atoms with van der Waals surface area (Å²) in [6, 6.07) is 10.5. The fourth-order valence-electron chi connectivity index (χ4n) is 2.11. The lowest BCUT2D eigenvalue weighted by Gasteiger charge is -2.08. The molecule has 0 unspecified atom stereocenters. The number of hydrogen-bond acceptors (Lipinski definition) is 6. The van der Waals surface area contributed by atoms with Gasteiger partial charge in [-0.3, -0.25) is 14.9 Å². The van der Waals surface area contributed by atoms with Crippen molar-refractivity contribution >= 4 is 17.8 Å². The molecule has 0 bridgehead atoms. The van der Waals surface area contributed by atoms with Crippen LogP contribution in [0.15, 0.2) is 47.6 Å². The molecule has 0 saturated heterocycles. The molecule has 0 aliphatic rings. The van der Waals surface area contributed by atoms with Gasteiger partial charge in [0.25, 0.3) is 5.91 Å². The van der Waals surface area contributed by atoms with Crippen LogP contribution in [-0.2, 0) is 0 Å². The van der Waals surface area contributed by atoms with Gasteiger partial charge in [-0.2, -0.15) is 5.10 Å². The second-order valence-corrected chi connectivity index (χ2v) is 6.26. The summed E-state index contributed by atoms with van der Waals surface area (Å²) in [6.07, 6.45) is 2.21. The van der Waals surface area contributed by atoms with Crippen LogP contribution in [0, 0.1) is 16.0 Å². The van der Waals surface area contributed by atoms with Crippen molar-refractivity contribution in [1.29, 1.82) is 0 Å². The third kappa shape index (κ3) is 6.10. The topological polar surface area (TPSA) is 114 Å². The molecule has 0 radical (unpaired) electrons. The molecule has 0 spiro atoms. The second kappa shape index (κ2) is 9.33. The highest BCUT2D eigenvalue weighted by molar-refractivity contribution is 5.95. The molecule has 0 saturated carbocycles. The maximum Gasteiger partial charge on any atom is 0.311 e. The molecule has 8 nitrogen and oxygen atoms in total. The molecule has 142 valence electrons. The van der Waals surface area contributed by atoms with Gasteiger partial charge in [0.05, 0.1) is 17.7 Å². The van der Waals surface area contributed by atoms with Crippen LogP contribution in [-0.4, -0.2) is 28.8 Å². The van der Waals surface area contributed by atoms with Gasteiger partial charge >= 0.3 is 5.69 Å². The number of benzene rings is 2. The Hall–Kier alpha value is -3.42. The number of rotatable bonds is 8. The summed E-state index contributed by atoms with van der Waals surface area (Å²) in [5.41, 5.74) is 2.69. The first-order valence-corrected chi connectivity index (χ1v) is 8.40. The van der Waals surface area contributed by atoms with E-state index in [2.05, 4.69) is 24.4 Å². The van der Waals surface area contributed by atoms with Gasteiger partial charge in [0.15, 0.2) is 5.75 Å². The third-order valence-corrected chi connectivity index (χ3v) is 3.66. The van der Waals surface area contributed by atoms with Crippen molar-refractivity contribution in [2.45, 2.75) is 20.3 Å². The first kappa shape index (κ1) is 19.9. The molecule has 27 heavy (non-hydrogen) atoms. The van der Waals surface area contributed by atoms with Gasteiger partial charge < -0.3 is 9.84 Å². The summed E-state index contributed by atoms with van der Waals surface area (Å²) in [5, 5.41) is 24.0. The van der Waals surface area contributed by atoms with Crippen molar-refractivity contribution < 1.29 is 19.6 Å². The number of nitro groups is 1. The van der Waals surface area contributed by atoms with Crippen molar-refractivity contribution in [2.75, 3.05) is 6.61 Å². The number of phenolic OH excluding ortho intramolecular Hbond substituents is 1. The highest BCUT2D eigenvalue weighted by Gasteiger charge is 2.12. The van der Waals surface area contributed by atoms with Gasteiger partial charge in [-0.1, -0.05) is 13.8 Å². The minimum absolute atomic E-state index is 0.369. The Morgan fingerprint density at radius 1 is 1.30 bits per heavy atom. The summed E-state index contributed by atoms with van der Waals surface area (Å²) < 4.78 is 5.59. The molecule has 0 atom stereocenters. The lowest BCUT2D eigenvalue weighted by molar-refractivity contribution is -0.385. The molecule has 1 amide bonds. The van der Waals surface area contributed by atoms with E-state index in [4.69, 9.17) is 4.74 Å². The van der Waals surface area contributed by atoms with E-state index in [1.54, 1.807) is 24.3 Å². The number of nitro benzene ring substituents is 1. The molecule has 0 fully saturated rings. The zero-order valence-electron chi connectivity index (χ0n) is 15.1. The standard InChI is InChI=1S/C19H21N3O5/c1-13(2)9-10-27-16-6-4-15(5-7-16)19(24)21-20-12-14-3-8-18(23)17(11-14)22(25)26/h3-8,11-13,23H,9-10H2,1-2H3,(H,21,24)/b20-12+. The predicted octanol–water partition coefficient (Wildman–Crippen LogP) is 3.49. The predicted molar refractivity (Wildman–Crippen MR) is 101 cm³/mol. The molecular weight excluding hydrogens is 350 g/mol. The molecule has 0 heterocycles. The maximum absolute atomic E-state index is 12.1. The average Bonchev–Trinajstić information content (AvgIpc) is 2.63. The number of phenols is 1. The van der Waals surface area contributed by atoms with E-state index >= 15 is 0 Å². The Morgan fingerprint density at radius 3 is 2.63 bits per heavy atom. The molecular formula is C19H21N3O5. The number of aromatic hydroxyl groups is 1. The second-order valence-electron chi connectivity index (χ2n) is 6.26. The van der Waals surface area contributed by atoms with E-state index in [0.29, 0.717) is 29.4 Å². The van der Waals surface area contributed by atoms with Crippen molar-refractivity contribution in [2.24, 2.45) is 11.0 Å². The third-order valence-electron chi connectivity index (χ3n) is 3.66. The molecule has 0 aliphatic carbocycles. The summed E-state index contributed by atoms with van der Waals surface area (Å²) in [7, 11) is 0. The molecule has 2 N–H and O–H groups in total. The number of amides is 1. The normalized spacial score (nSPS) is 10.9. The van der Waals surface area contributed by atoms with E-state index in [1.807, 2.05) is 0 Å². The zero-order valence-corrected chi connectivity index (χ0v) is 15.1. The zero-order chi connectivity index (χ0) is 19.8. The van der Waals surface area contributed by atoms with Crippen molar-refractivity contribution in [3.63, 3.8) is 0 Å². The summed E-state index contributed by atoms with van der Waals surface area (Å²) in [4.78, 5) is 22.2. The van der Waals surface area contributed by atoms with E-state index < -0.39 is 22.3 Å². The molecule has 0 aliphatic heterocycles. The van der Waals surface area contributed by atoms with Gasteiger partial charge in [0.1, 0.15) is 5.75 Å². The molecule has 8 heteroatoms. The molecule has 2 rings (SSSR count). The van der Waals surface area contributed by atoms with Crippen LogP contribution in [0.2, 0.25) is 0 Å². The molecule has 0 aromatic heterocycles. The van der Waals surface area contributed by atoms with Crippen LogP contribution in [0.5, 0.6) is 11.5 Å². The van der Waals surface area contributed by atoms with Crippen LogP contribution in [0.1, 0.15) is 36.2 Å². The largest absolute Gasteiger partial charge is 0.502 e. The number of hydrazone groups is 1. The SMILES string of the molecule is CC(C)CCOc1ccc(C(=O)N/N=C/c2ccc(O)c([N+](=O)[O-])c2)cc1.